The summed E-state index contributed by atoms with van der Waals surface area (Å²) in [5.41, 5.74) is 1.00. The summed E-state index contributed by atoms with van der Waals surface area (Å²) >= 11 is 13.6. The number of hydrogen-bond donors (Lipinski definition) is 1. The highest BCUT2D eigenvalue weighted by molar-refractivity contribution is 7.16. The third kappa shape index (κ3) is 3.94. The van der Waals surface area contributed by atoms with E-state index in [1.807, 2.05) is 18.2 Å². The predicted octanol–water partition coefficient (Wildman–Crippen LogP) is 4.61. The van der Waals surface area contributed by atoms with Crippen LogP contribution >= 0.6 is 46.9 Å². The van der Waals surface area contributed by atoms with E-state index in [4.69, 9.17) is 23.2 Å². The molecule has 0 amide bonds. The lowest BCUT2D eigenvalue weighted by Gasteiger charge is -2.34. The molecule has 0 spiro atoms. The molecule has 2 aromatic rings. The minimum atomic E-state index is -0.385. The number of benzene rings is 1. The van der Waals surface area contributed by atoms with E-state index in [9.17, 15) is 4.39 Å². The maximum Gasteiger partial charge on any atom is 0.141 e. The van der Waals surface area contributed by atoms with E-state index in [1.54, 1.807) is 17.4 Å². The SMILES string of the molecule is Cl.Fc1ccc([C@H](c2ccc(Cl)s2)N2CCNCC2)cc1Cl. The van der Waals surface area contributed by atoms with Crippen molar-refractivity contribution in [1.29, 1.82) is 0 Å². The fraction of sp³-hybridized carbons (Fsp3) is 0.333. The zero-order valence-electron chi connectivity index (χ0n) is 11.7. The molecule has 22 heavy (non-hydrogen) atoms. The van der Waals surface area contributed by atoms with Crippen LogP contribution in [0.5, 0.6) is 0 Å². The van der Waals surface area contributed by atoms with Gasteiger partial charge in [0.05, 0.1) is 15.4 Å². The summed E-state index contributed by atoms with van der Waals surface area (Å²) in [5.74, 6) is -0.385. The third-order valence-corrected chi connectivity index (χ3v) is 5.21. The molecule has 0 saturated carbocycles. The van der Waals surface area contributed by atoms with Crippen LogP contribution in [-0.4, -0.2) is 31.1 Å². The molecule has 1 N–H and O–H groups in total. The smallest absolute Gasteiger partial charge is 0.141 e. The fourth-order valence-corrected chi connectivity index (χ4v) is 4.07. The molecule has 1 aromatic heterocycles. The van der Waals surface area contributed by atoms with Gasteiger partial charge in [-0.2, -0.15) is 0 Å². The summed E-state index contributed by atoms with van der Waals surface area (Å²) in [5, 5.41) is 3.51. The van der Waals surface area contributed by atoms with Gasteiger partial charge in [0.1, 0.15) is 5.82 Å². The van der Waals surface area contributed by atoms with Crippen molar-refractivity contribution in [2.75, 3.05) is 26.2 Å². The highest BCUT2D eigenvalue weighted by Crippen LogP contribution is 2.36. The minimum absolute atomic E-state index is 0. The van der Waals surface area contributed by atoms with Crippen molar-refractivity contribution in [1.82, 2.24) is 10.2 Å². The van der Waals surface area contributed by atoms with Crippen LogP contribution in [-0.2, 0) is 0 Å². The Hall–Kier alpha value is -0.360. The summed E-state index contributed by atoms with van der Waals surface area (Å²) in [6, 6.07) is 8.97. The van der Waals surface area contributed by atoms with Gasteiger partial charge in [-0.25, -0.2) is 4.39 Å². The first-order chi connectivity index (χ1) is 10.1. The van der Waals surface area contributed by atoms with Crippen LogP contribution in [0.15, 0.2) is 30.3 Å². The molecule has 2 nitrogen and oxygen atoms in total. The van der Waals surface area contributed by atoms with Crippen LogP contribution < -0.4 is 5.32 Å². The second kappa shape index (κ2) is 7.95. The van der Waals surface area contributed by atoms with Crippen molar-refractivity contribution in [2.45, 2.75) is 6.04 Å². The summed E-state index contributed by atoms with van der Waals surface area (Å²) < 4.78 is 14.2. The fourth-order valence-electron chi connectivity index (χ4n) is 2.65. The van der Waals surface area contributed by atoms with Crippen molar-refractivity contribution in [3.63, 3.8) is 0 Å². The van der Waals surface area contributed by atoms with Gasteiger partial charge in [-0.05, 0) is 29.8 Å². The first-order valence-electron chi connectivity index (χ1n) is 6.80. The van der Waals surface area contributed by atoms with Crippen LogP contribution in [0.4, 0.5) is 4.39 Å². The molecule has 1 atom stereocenters. The van der Waals surface area contributed by atoms with E-state index in [1.165, 1.54) is 6.07 Å². The maximum atomic E-state index is 13.4. The number of piperazine rings is 1. The van der Waals surface area contributed by atoms with Gasteiger partial charge in [-0.15, -0.1) is 23.7 Å². The molecule has 0 aliphatic carbocycles. The largest absolute Gasteiger partial charge is 0.314 e. The van der Waals surface area contributed by atoms with Crippen molar-refractivity contribution in [3.8, 4) is 0 Å². The van der Waals surface area contributed by atoms with Crippen molar-refractivity contribution in [3.05, 3.63) is 55.9 Å². The average molecular weight is 382 g/mol. The summed E-state index contributed by atoms with van der Waals surface area (Å²) in [7, 11) is 0. The van der Waals surface area contributed by atoms with Gasteiger partial charge in [0.25, 0.3) is 0 Å². The number of nitrogens with zero attached hydrogens (tertiary/aromatic N) is 1. The van der Waals surface area contributed by atoms with E-state index in [0.717, 1.165) is 41.0 Å². The zero-order chi connectivity index (χ0) is 14.8. The van der Waals surface area contributed by atoms with Crippen molar-refractivity contribution in [2.24, 2.45) is 0 Å². The van der Waals surface area contributed by atoms with Gasteiger partial charge in [0, 0.05) is 31.1 Å². The molecule has 1 aliphatic heterocycles. The normalized spacial score (nSPS) is 17.0. The van der Waals surface area contributed by atoms with E-state index < -0.39 is 0 Å². The summed E-state index contributed by atoms with van der Waals surface area (Å²) in [4.78, 5) is 3.53. The van der Waals surface area contributed by atoms with Crippen LogP contribution in [0.3, 0.4) is 0 Å². The molecule has 0 bridgehead atoms. The van der Waals surface area contributed by atoms with Crippen LogP contribution in [0.25, 0.3) is 0 Å². The first-order valence-corrected chi connectivity index (χ1v) is 8.37. The summed E-state index contributed by atoms with van der Waals surface area (Å²) in [6.45, 7) is 3.78. The Morgan fingerprint density at radius 1 is 1.14 bits per heavy atom. The molecule has 1 saturated heterocycles. The zero-order valence-corrected chi connectivity index (χ0v) is 14.8. The molecule has 1 aliphatic rings. The lowest BCUT2D eigenvalue weighted by Crippen LogP contribution is -2.45. The Labute approximate surface area is 149 Å². The predicted molar refractivity (Wildman–Crippen MR) is 94.3 cm³/mol. The second-order valence-corrected chi connectivity index (χ2v) is 7.16. The number of nitrogens with one attached hydrogen (secondary N) is 1. The molecule has 1 aromatic carbocycles. The van der Waals surface area contributed by atoms with Gasteiger partial charge in [-0.3, -0.25) is 4.90 Å². The van der Waals surface area contributed by atoms with E-state index in [0.29, 0.717) is 0 Å². The lowest BCUT2D eigenvalue weighted by atomic mass is 10.0. The Kier molecular flexibility index (Phi) is 6.50. The minimum Gasteiger partial charge on any atom is -0.314 e. The average Bonchev–Trinajstić information content (AvgIpc) is 2.90. The number of thiophene rings is 1. The Morgan fingerprint density at radius 3 is 2.45 bits per heavy atom. The van der Waals surface area contributed by atoms with Gasteiger partial charge < -0.3 is 5.32 Å². The molecule has 2 heterocycles. The number of rotatable bonds is 3. The van der Waals surface area contributed by atoms with Gasteiger partial charge in [0.2, 0.25) is 0 Å². The number of halogens is 4. The molecular weight excluding hydrogens is 366 g/mol. The van der Waals surface area contributed by atoms with Crippen molar-refractivity contribution < 1.29 is 4.39 Å². The molecule has 7 heteroatoms. The van der Waals surface area contributed by atoms with Crippen LogP contribution in [0.1, 0.15) is 16.5 Å². The monoisotopic (exact) mass is 380 g/mol. The van der Waals surface area contributed by atoms with Gasteiger partial charge in [0.15, 0.2) is 0 Å². The quantitative estimate of drug-likeness (QED) is 0.835. The van der Waals surface area contributed by atoms with E-state index in [2.05, 4.69) is 10.2 Å². The van der Waals surface area contributed by atoms with Crippen LogP contribution in [0, 0.1) is 5.82 Å². The van der Waals surface area contributed by atoms with Gasteiger partial charge in [-0.1, -0.05) is 29.3 Å². The Morgan fingerprint density at radius 2 is 1.86 bits per heavy atom. The Balaban J connectivity index is 0.00000176. The molecule has 0 unspecified atom stereocenters. The highest BCUT2D eigenvalue weighted by atomic mass is 35.5. The van der Waals surface area contributed by atoms with Gasteiger partial charge >= 0.3 is 0 Å². The van der Waals surface area contributed by atoms with Crippen molar-refractivity contribution >= 4 is 46.9 Å². The van der Waals surface area contributed by atoms with E-state index in [-0.39, 0.29) is 29.3 Å². The molecule has 3 rings (SSSR count). The molecule has 1 fully saturated rings. The molecule has 120 valence electrons. The molecular formula is C15H16Cl3FN2S. The first kappa shape index (κ1) is 18.0. The third-order valence-electron chi connectivity index (χ3n) is 3.64. The topological polar surface area (TPSA) is 15.3 Å². The summed E-state index contributed by atoms with van der Waals surface area (Å²) in [6.07, 6.45) is 0. The standard InChI is InChI=1S/C15H15Cl2FN2S.ClH/c16-11-9-10(1-2-12(11)18)15(13-3-4-14(17)21-13)20-7-5-19-6-8-20;/h1-4,9,15,19H,5-8H2;1H/t15-;/m1./s1. The lowest BCUT2D eigenvalue weighted by molar-refractivity contribution is 0.200. The number of hydrogen-bond acceptors (Lipinski definition) is 3. The maximum absolute atomic E-state index is 13.4. The highest BCUT2D eigenvalue weighted by Gasteiger charge is 2.25. The second-order valence-electron chi connectivity index (χ2n) is 5.00. The Bertz CT molecular complexity index is 629. The van der Waals surface area contributed by atoms with E-state index >= 15 is 0 Å². The molecule has 0 radical (unpaired) electrons. The van der Waals surface area contributed by atoms with Crippen LogP contribution in [0.2, 0.25) is 9.36 Å².